The molecule has 0 aromatic heterocycles. The molecule has 0 radical (unpaired) electrons. The third-order valence-corrected chi connectivity index (χ3v) is 3.16. The van der Waals surface area contributed by atoms with Crippen molar-refractivity contribution in [1.82, 2.24) is 0 Å². The molecule has 0 heterocycles. The molecule has 3 N–H and O–H groups in total. The molecule has 5 heteroatoms. The van der Waals surface area contributed by atoms with Crippen LogP contribution in [0.4, 0.5) is 5.69 Å². The number of hydrogen-bond donors (Lipinski definition) is 2. The summed E-state index contributed by atoms with van der Waals surface area (Å²) in [5, 5.41) is 0. The molecule has 23 heavy (non-hydrogen) atoms. The molecule has 2 rings (SSSR count). The largest absolute Gasteiger partial charge is 0.494 e. The summed E-state index contributed by atoms with van der Waals surface area (Å²) in [7, 11) is 0. The molecule has 2 aromatic carbocycles. The third-order valence-electron chi connectivity index (χ3n) is 3.16. The number of benzene rings is 2. The first-order valence-corrected chi connectivity index (χ1v) is 7.02. The maximum absolute atomic E-state index is 12.3. The molecule has 0 unspecified atom stereocenters. The highest BCUT2D eigenvalue weighted by Crippen LogP contribution is 2.17. The fraction of sp³-hybridized carbons (Fsp3) is 0.167. The molecule has 0 bridgehead atoms. The smallest absolute Gasteiger partial charge is 0.193 e. The lowest BCUT2D eigenvalue weighted by Gasteiger charge is -2.07. The van der Waals surface area contributed by atoms with Crippen molar-refractivity contribution in [2.75, 3.05) is 12.0 Å². The van der Waals surface area contributed by atoms with Gasteiger partial charge in [-0.1, -0.05) is 0 Å². The summed E-state index contributed by atoms with van der Waals surface area (Å²) in [5.74, 6) is 8.56. The van der Waals surface area contributed by atoms with Crippen LogP contribution in [-0.4, -0.2) is 12.4 Å². The Kier molecular flexibility index (Phi) is 7.69. The Labute approximate surface area is 142 Å². The number of anilines is 1. The van der Waals surface area contributed by atoms with Crippen molar-refractivity contribution in [2.45, 2.75) is 12.8 Å². The normalized spacial score (nSPS) is 9.39. The number of halogens is 1. The van der Waals surface area contributed by atoms with Gasteiger partial charge in [-0.2, -0.15) is 0 Å². The van der Waals surface area contributed by atoms with Crippen molar-refractivity contribution in [1.29, 1.82) is 0 Å². The summed E-state index contributed by atoms with van der Waals surface area (Å²) in [6.45, 7) is 0.574. The van der Waals surface area contributed by atoms with Crippen molar-refractivity contribution in [3.8, 4) is 18.1 Å². The summed E-state index contributed by atoms with van der Waals surface area (Å²) in [6.07, 6.45) is 6.70. The van der Waals surface area contributed by atoms with Gasteiger partial charge in [0.25, 0.3) is 0 Å². The van der Waals surface area contributed by atoms with Crippen LogP contribution in [0.3, 0.4) is 0 Å². The number of nitrogen functional groups attached to an aromatic ring is 1. The molecule has 120 valence electrons. The minimum atomic E-state index is -0.0394. The van der Waals surface area contributed by atoms with Gasteiger partial charge in [0, 0.05) is 23.2 Å². The lowest BCUT2D eigenvalue weighted by Crippen LogP contribution is -2.07. The van der Waals surface area contributed by atoms with E-state index in [1.165, 1.54) is 0 Å². The standard InChI is InChI=1S/C18H18N2O2.ClH/c1-2-3-4-13-22-17-11-7-15(8-12-17)18(21)14-5-9-16(20-19)10-6-14;/h1,5-12,20H,3-4,13,19H2;1H. The Bertz CT molecular complexity index is 661. The zero-order chi connectivity index (χ0) is 15.8. The van der Waals surface area contributed by atoms with Gasteiger partial charge in [-0.25, -0.2) is 0 Å². The van der Waals surface area contributed by atoms with E-state index in [1.54, 1.807) is 48.5 Å². The summed E-state index contributed by atoms with van der Waals surface area (Å²) < 4.78 is 5.55. The minimum Gasteiger partial charge on any atom is -0.494 e. The molecule has 0 saturated carbocycles. The highest BCUT2D eigenvalue weighted by molar-refractivity contribution is 6.09. The minimum absolute atomic E-state index is 0. The van der Waals surface area contributed by atoms with Gasteiger partial charge in [0.1, 0.15) is 5.75 Å². The van der Waals surface area contributed by atoms with Gasteiger partial charge in [-0.05, 0) is 55.0 Å². The first-order chi connectivity index (χ1) is 10.7. The van der Waals surface area contributed by atoms with Crippen LogP contribution < -0.4 is 16.0 Å². The van der Waals surface area contributed by atoms with Crippen molar-refractivity contribution >= 4 is 23.9 Å². The molecule has 2 aromatic rings. The molecule has 0 atom stereocenters. The fourth-order valence-corrected chi connectivity index (χ4v) is 1.95. The van der Waals surface area contributed by atoms with E-state index in [1.807, 2.05) is 0 Å². The van der Waals surface area contributed by atoms with Gasteiger partial charge < -0.3 is 10.2 Å². The second kappa shape index (κ2) is 9.52. The quantitative estimate of drug-likeness (QED) is 0.268. The van der Waals surface area contributed by atoms with E-state index in [2.05, 4.69) is 11.3 Å². The number of carbonyl (C=O) groups is 1. The molecule has 0 aliphatic heterocycles. The number of nitrogens with two attached hydrogens (primary N) is 1. The predicted octanol–water partition coefficient (Wildman–Crippen LogP) is 3.42. The maximum Gasteiger partial charge on any atom is 0.193 e. The summed E-state index contributed by atoms with van der Waals surface area (Å²) in [4.78, 5) is 12.3. The van der Waals surface area contributed by atoms with Crippen LogP contribution in [0, 0.1) is 12.3 Å². The summed E-state index contributed by atoms with van der Waals surface area (Å²) in [5.41, 5.74) is 4.51. The Morgan fingerprint density at radius 3 is 2.17 bits per heavy atom. The van der Waals surface area contributed by atoms with Crippen LogP contribution in [0.5, 0.6) is 5.75 Å². The van der Waals surface area contributed by atoms with Crippen LogP contribution in [0.25, 0.3) is 0 Å². The Hall–Kier alpha value is -2.48. The van der Waals surface area contributed by atoms with Crippen LogP contribution in [0.2, 0.25) is 0 Å². The number of terminal acetylenes is 1. The van der Waals surface area contributed by atoms with E-state index in [4.69, 9.17) is 17.0 Å². The molecule has 0 aliphatic carbocycles. The predicted molar refractivity (Wildman–Crippen MR) is 94.9 cm³/mol. The Balaban J connectivity index is 0.00000264. The van der Waals surface area contributed by atoms with E-state index < -0.39 is 0 Å². The Morgan fingerprint density at radius 2 is 1.65 bits per heavy atom. The average Bonchev–Trinajstić information content (AvgIpc) is 2.59. The SMILES string of the molecule is C#CCCCOc1ccc(C(=O)c2ccc(NN)cc2)cc1.Cl. The molecule has 0 saturated heterocycles. The van der Waals surface area contributed by atoms with Gasteiger partial charge in [-0.3, -0.25) is 10.6 Å². The number of unbranched alkanes of at least 4 members (excludes halogenated alkanes) is 1. The molecule has 0 spiro atoms. The average molecular weight is 331 g/mol. The van der Waals surface area contributed by atoms with E-state index in [0.29, 0.717) is 24.2 Å². The molecule has 0 amide bonds. The van der Waals surface area contributed by atoms with Gasteiger partial charge in [0.2, 0.25) is 0 Å². The Morgan fingerprint density at radius 1 is 1.09 bits per heavy atom. The third kappa shape index (κ3) is 5.33. The van der Waals surface area contributed by atoms with Gasteiger partial charge in [0.15, 0.2) is 5.78 Å². The van der Waals surface area contributed by atoms with Crippen LogP contribution in [0.15, 0.2) is 48.5 Å². The van der Waals surface area contributed by atoms with Gasteiger partial charge >= 0.3 is 0 Å². The molecule has 4 nitrogen and oxygen atoms in total. The van der Waals surface area contributed by atoms with E-state index in [-0.39, 0.29) is 18.2 Å². The summed E-state index contributed by atoms with van der Waals surface area (Å²) in [6, 6.07) is 14.1. The zero-order valence-corrected chi connectivity index (χ0v) is 13.4. The number of hydrazine groups is 1. The highest BCUT2D eigenvalue weighted by Gasteiger charge is 2.09. The van der Waals surface area contributed by atoms with Gasteiger partial charge in [0.05, 0.1) is 6.61 Å². The van der Waals surface area contributed by atoms with Crippen LogP contribution in [-0.2, 0) is 0 Å². The second-order valence-electron chi connectivity index (χ2n) is 4.73. The zero-order valence-electron chi connectivity index (χ0n) is 12.6. The first-order valence-electron chi connectivity index (χ1n) is 7.02. The monoisotopic (exact) mass is 330 g/mol. The highest BCUT2D eigenvalue weighted by atomic mass is 35.5. The molecule has 0 aliphatic rings. The summed E-state index contributed by atoms with van der Waals surface area (Å²) >= 11 is 0. The fourth-order valence-electron chi connectivity index (χ4n) is 1.95. The molecular formula is C18H19ClN2O2. The number of rotatable bonds is 7. The number of ether oxygens (including phenoxy) is 1. The molecular weight excluding hydrogens is 312 g/mol. The second-order valence-corrected chi connectivity index (χ2v) is 4.73. The van der Waals surface area contributed by atoms with E-state index in [0.717, 1.165) is 17.9 Å². The number of nitrogens with one attached hydrogen (secondary N) is 1. The van der Waals surface area contributed by atoms with Crippen LogP contribution >= 0.6 is 12.4 Å². The van der Waals surface area contributed by atoms with Crippen LogP contribution in [0.1, 0.15) is 28.8 Å². The lowest BCUT2D eigenvalue weighted by atomic mass is 10.0. The van der Waals surface area contributed by atoms with Crippen molar-refractivity contribution in [3.05, 3.63) is 59.7 Å². The lowest BCUT2D eigenvalue weighted by molar-refractivity contribution is 0.103. The topological polar surface area (TPSA) is 64.3 Å². The van der Waals surface area contributed by atoms with E-state index >= 15 is 0 Å². The first kappa shape index (κ1) is 18.6. The van der Waals surface area contributed by atoms with Gasteiger partial charge in [-0.15, -0.1) is 24.8 Å². The van der Waals surface area contributed by atoms with Crippen molar-refractivity contribution < 1.29 is 9.53 Å². The number of ketones is 1. The van der Waals surface area contributed by atoms with Crippen molar-refractivity contribution in [2.24, 2.45) is 5.84 Å². The molecule has 0 fully saturated rings. The van der Waals surface area contributed by atoms with E-state index in [9.17, 15) is 4.79 Å². The van der Waals surface area contributed by atoms with Crippen molar-refractivity contribution in [3.63, 3.8) is 0 Å². The number of carbonyl (C=O) groups excluding carboxylic acids is 1. The number of hydrogen-bond acceptors (Lipinski definition) is 4. The maximum atomic E-state index is 12.3.